The van der Waals surface area contributed by atoms with E-state index in [4.69, 9.17) is 5.73 Å². The summed E-state index contributed by atoms with van der Waals surface area (Å²) in [5, 5.41) is 3.00. The summed E-state index contributed by atoms with van der Waals surface area (Å²) in [6.07, 6.45) is 0.517. The lowest BCUT2D eigenvalue weighted by molar-refractivity contribution is -0.123. The lowest BCUT2D eigenvalue weighted by Gasteiger charge is -2.18. The number of nitrogens with two attached hydrogens (primary N) is 1. The van der Waals surface area contributed by atoms with E-state index < -0.39 is 6.04 Å². The van der Waals surface area contributed by atoms with Gasteiger partial charge in [-0.2, -0.15) is 0 Å². The molecule has 2 atom stereocenters. The van der Waals surface area contributed by atoms with E-state index in [0.717, 1.165) is 29.0 Å². The zero-order valence-electron chi connectivity index (χ0n) is 15.5. The van der Waals surface area contributed by atoms with Crippen LogP contribution >= 0.6 is 24.8 Å². The van der Waals surface area contributed by atoms with Crippen molar-refractivity contribution in [2.75, 3.05) is 0 Å². The number of aryl methyl sites for hydroxylation is 1. The maximum Gasteiger partial charge on any atom is 0.237 e. The zero-order chi connectivity index (χ0) is 17.8. The molecule has 0 aliphatic rings. The van der Waals surface area contributed by atoms with Crippen LogP contribution in [-0.4, -0.2) is 21.5 Å². The van der Waals surface area contributed by atoms with Crippen LogP contribution in [0.3, 0.4) is 0 Å². The number of carbonyl (C=O) groups is 1. The van der Waals surface area contributed by atoms with Gasteiger partial charge in [0.2, 0.25) is 5.91 Å². The second-order valence-corrected chi connectivity index (χ2v) is 6.23. The van der Waals surface area contributed by atoms with Crippen molar-refractivity contribution < 1.29 is 4.79 Å². The summed E-state index contributed by atoms with van der Waals surface area (Å²) in [7, 11) is 0. The first kappa shape index (κ1) is 23.0. The summed E-state index contributed by atoms with van der Waals surface area (Å²) in [6, 6.07) is 17.0. The van der Waals surface area contributed by atoms with Gasteiger partial charge >= 0.3 is 0 Å². The number of nitrogens with zero attached hydrogens (tertiary/aromatic N) is 2. The van der Waals surface area contributed by atoms with E-state index in [1.54, 1.807) is 0 Å². The number of fused-ring (bicyclic) bond motifs is 1. The number of rotatable bonds is 6. The zero-order valence-corrected chi connectivity index (χ0v) is 17.1. The monoisotopic (exact) mass is 408 g/mol. The fourth-order valence-electron chi connectivity index (χ4n) is 3.10. The average Bonchev–Trinajstić information content (AvgIpc) is 3.01. The minimum absolute atomic E-state index is 0. The minimum Gasteiger partial charge on any atom is -0.345 e. The molecule has 0 radical (unpaired) electrons. The normalized spacial score (nSPS) is 12.6. The van der Waals surface area contributed by atoms with Gasteiger partial charge in [0.1, 0.15) is 5.82 Å². The van der Waals surface area contributed by atoms with Crippen molar-refractivity contribution in [3.63, 3.8) is 0 Å². The van der Waals surface area contributed by atoms with Crippen LogP contribution in [0.15, 0.2) is 54.6 Å². The summed E-state index contributed by atoms with van der Waals surface area (Å²) >= 11 is 0. The van der Waals surface area contributed by atoms with Crippen LogP contribution in [0.4, 0.5) is 0 Å². The Bertz CT molecular complexity index is 867. The predicted octanol–water partition coefficient (Wildman–Crippen LogP) is 3.65. The number of aromatic nitrogens is 2. The molecule has 146 valence electrons. The number of amides is 1. The molecule has 2 aromatic carbocycles. The highest BCUT2D eigenvalue weighted by Gasteiger charge is 2.21. The van der Waals surface area contributed by atoms with Crippen molar-refractivity contribution in [1.82, 2.24) is 14.9 Å². The fourth-order valence-corrected chi connectivity index (χ4v) is 3.10. The SMILES string of the molecule is CCn1c(C(C)NC(=O)C(N)Cc2ccccc2)nc2ccccc21.Cl.Cl. The molecule has 7 heteroatoms. The molecule has 0 spiro atoms. The van der Waals surface area contributed by atoms with E-state index in [0.29, 0.717) is 6.42 Å². The number of halogens is 2. The van der Waals surface area contributed by atoms with Crippen LogP contribution in [0.2, 0.25) is 0 Å². The van der Waals surface area contributed by atoms with Gasteiger partial charge in [0.15, 0.2) is 0 Å². The highest BCUT2D eigenvalue weighted by atomic mass is 35.5. The van der Waals surface area contributed by atoms with Crippen LogP contribution in [0.5, 0.6) is 0 Å². The molecule has 1 heterocycles. The summed E-state index contributed by atoms with van der Waals surface area (Å²) in [5.74, 6) is 0.690. The Kier molecular flexibility index (Phi) is 8.76. The number of hydrogen-bond acceptors (Lipinski definition) is 3. The van der Waals surface area contributed by atoms with Crippen LogP contribution in [0, 0.1) is 0 Å². The maximum absolute atomic E-state index is 12.5. The molecule has 1 aromatic heterocycles. The largest absolute Gasteiger partial charge is 0.345 e. The first-order chi connectivity index (χ1) is 12.1. The fraction of sp³-hybridized carbons (Fsp3) is 0.300. The molecule has 2 unspecified atom stereocenters. The van der Waals surface area contributed by atoms with E-state index in [2.05, 4.69) is 21.8 Å². The molecule has 3 aromatic rings. The smallest absolute Gasteiger partial charge is 0.237 e. The third-order valence-corrected chi connectivity index (χ3v) is 4.38. The van der Waals surface area contributed by atoms with Crippen LogP contribution in [0.1, 0.15) is 31.3 Å². The Hall–Kier alpha value is -2.08. The standard InChI is InChI=1S/C20H24N4O.2ClH/c1-3-24-18-12-8-7-11-17(18)23-19(24)14(2)22-20(25)16(21)13-15-9-5-4-6-10-15;;/h4-12,14,16H,3,13,21H2,1-2H3,(H,22,25);2*1H. The molecular weight excluding hydrogens is 383 g/mol. The first-order valence-corrected chi connectivity index (χ1v) is 8.65. The van der Waals surface area contributed by atoms with Crippen molar-refractivity contribution in [3.8, 4) is 0 Å². The summed E-state index contributed by atoms with van der Waals surface area (Å²) in [6.45, 7) is 4.82. The minimum atomic E-state index is -0.579. The van der Waals surface area contributed by atoms with Gasteiger partial charge in [-0.1, -0.05) is 42.5 Å². The first-order valence-electron chi connectivity index (χ1n) is 8.65. The highest BCUT2D eigenvalue weighted by Crippen LogP contribution is 2.20. The molecule has 1 amide bonds. The second kappa shape index (κ2) is 10.3. The molecule has 27 heavy (non-hydrogen) atoms. The van der Waals surface area contributed by atoms with E-state index >= 15 is 0 Å². The van der Waals surface area contributed by atoms with Gasteiger partial charge in [-0.05, 0) is 38.0 Å². The molecule has 3 rings (SSSR count). The third-order valence-electron chi connectivity index (χ3n) is 4.38. The van der Waals surface area contributed by atoms with E-state index in [-0.39, 0.29) is 36.8 Å². The molecule has 0 fully saturated rings. The van der Waals surface area contributed by atoms with Gasteiger partial charge in [-0.3, -0.25) is 4.79 Å². The molecular formula is C20H26Cl2N4O. The van der Waals surface area contributed by atoms with E-state index in [1.165, 1.54) is 0 Å². The Morgan fingerprint density at radius 3 is 2.41 bits per heavy atom. The van der Waals surface area contributed by atoms with Crippen LogP contribution in [-0.2, 0) is 17.8 Å². The van der Waals surface area contributed by atoms with Gasteiger partial charge in [0, 0.05) is 6.54 Å². The maximum atomic E-state index is 12.5. The summed E-state index contributed by atoms with van der Waals surface area (Å²) < 4.78 is 2.13. The number of nitrogens with one attached hydrogen (secondary N) is 1. The molecule has 0 bridgehead atoms. The Balaban J connectivity index is 0.00000182. The van der Waals surface area contributed by atoms with Gasteiger partial charge < -0.3 is 15.6 Å². The Labute approximate surface area is 172 Å². The van der Waals surface area contributed by atoms with E-state index in [1.807, 2.05) is 61.5 Å². The summed E-state index contributed by atoms with van der Waals surface area (Å²) in [5.41, 5.74) is 9.15. The second-order valence-electron chi connectivity index (χ2n) is 6.23. The number of benzene rings is 2. The highest BCUT2D eigenvalue weighted by molar-refractivity contribution is 5.85. The molecule has 0 saturated carbocycles. The van der Waals surface area contributed by atoms with Crippen molar-refractivity contribution in [2.24, 2.45) is 5.73 Å². The van der Waals surface area contributed by atoms with Crippen LogP contribution < -0.4 is 11.1 Å². The van der Waals surface area contributed by atoms with Gasteiger partial charge in [-0.15, -0.1) is 24.8 Å². The van der Waals surface area contributed by atoms with Crippen molar-refractivity contribution in [3.05, 3.63) is 66.0 Å². The third kappa shape index (κ3) is 5.22. The lowest BCUT2D eigenvalue weighted by atomic mass is 10.1. The van der Waals surface area contributed by atoms with Gasteiger partial charge in [-0.25, -0.2) is 4.98 Å². The predicted molar refractivity (Wildman–Crippen MR) is 115 cm³/mol. The topological polar surface area (TPSA) is 72.9 Å². The van der Waals surface area contributed by atoms with Gasteiger partial charge in [0.05, 0.1) is 23.1 Å². The van der Waals surface area contributed by atoms with E-state index in [9.17, 15) is 4.79 Å². The molecule has 0 aliphatic carbocycles. The number of imidazole rings is 1. The molecule has 0 aliphatic heterocycles. The number of para-hydroxylation sites is 2. The van der Waals surface area contributed by atoms with Crippen molar-refractivity contribution in [1.29, 1.82) is 0 Å². The Morgan fingerprint density at radius 1 is 1.11 bits per heavy atom. The summed E-state index contributed by atoms with van der Waals surface area (Å²) in [4.78, 5) is 17.2. The Morgan fingerprint density at radius 2 is 1.74 bits per heavy atom. The molecule has 5 nitrogen and oxygen atoms in total. The number of hydrogen-bond donors (Lipinski definition) is 2. The number of carbonyl (C=O) groups excluding carboxylic acids is 1. The van der Waals surface area contributed by atoms with Crippen molar-refractivity contribution >= 4 is 41.8 Å². The molecule has 0 saturated heterocycles. The average molecular weight is 409 g/mol. The van der Waals surface area contributed by atoms with Crippen molar-refractivity contribution in [2.45, 2.75) is 38.9 Å². The lowest BCUT2D eigenvalue weighted by Crippen LogP contribution is -2.43. The quantitative estimate of drug-likeness (QED) is 0.653. The molecule has 3 N–H and O–H groups in total. The van der Waals surface area contributed by atoms with Crippen LogP contribution in [0.25, 0.3) is 11.0 Å². The van der Waals surface area contributed by atoms with Gasteiger partial charge in [0.25, 0.3) is 0 Å².